The number of hydrogen-bond acceptors (Lipinski definition) is 6. The number of carbonyl (C=O) groups is 2. The van der Waals surface area contributed by atoms with Crippen LogP contribution in [-0.4, -0.2) is 38.0 Å². The van der Waals surface area contributed by atoms with E-state index in [-0.39, 0.29) is 11.1 Å². The van der Waals surface area contributed by atoms with Crippen LogP contribution in [0, 0.1) is 0 Å². The van der Waals surface area contributed by atoms with Gasteiger partial charge in [0, 0.05) is 5.57 Å². The first kappa shape index (κ1) is 15.1. The van der Waals surface area contributed by atoms with Crippen molar-refractivity contribution in [3.8, 4) is 0 Å². The van der Waals surface area contributed by atoms with Crippen molar-refractivity contribution in [1.82, 2.24) is 0 Å². The molecule has 0 N–H and O–H groups in total. The molecule has 6 nitrogen and oxygen atoms in total. The van der Waals surface area contributed by atoms with Gasteiger partial charge in [0.1, 0.15) is 0 Å². The smallest absolute Gasteiger partial charge is 0.338 e. The highest BCUT2D eigenvalue weighted by Crippen LogP contribution is 2.52. The van der Waals surface area contributed by atoms with Gasteiger partial charge >= 0.3 is 11.9 Å². The third kappa shape index (κ3) is 2.31. The van der Waals surface area contributed by atoms with E-state index in [2.05, 4.69) is 0 Å². The molecule has 22 heavy (non-hydrogen) atoms. The standard InChI is InChI=1S/C16H20O6/c1-19-13(17)11-10-7-5-3-4-6-8-16(12(11)14(18)20-2)15(22-16)21-9-10/h9,15H,3-8H2,1-2H3/t15-,16-/m0/s1. The second kappa shape index (κ2) is 5.76. The van der Waals surface area contributed by atoms with Crippen molar-refractivity contribution in [2.45, 2.75) is 50.4 Å². The normalized spacial score (nSPS) is 30.5. The summed E-state index contributed by atoms with van der Waals surface area (Å²) in [4.78, 5) is 24.7. The Morgan fingerprint density at radius 3 is 2.59 bits per heavy atom. The van der Waals surface area contributed by atoms with Crippen LogP contribution in [0.5, 0.6) is 0 Å². The summed E-state index contributed by atoms with van der Waals surface area (Å²) in [6.07, 6.45) is 6.27. The Morgan fingerprint density at radius 2 is 1.86 bits per heavy atom. The van der Waals surface area contributed by atoms with Crippen molar-refractivity contribution in [2.24, 2.45) is 0 Å². The molecule has 0 aromatic heterocycles. The lowest BCUT2D eigenvalue weighted by Gasteiger charge is -2.19. The summed E-state index contributed by atoms with van der Waals surface area (Å²) in [5.74, 6) is -1.11. The van der Waals surface area contributed by atoms with Crippen LogP contribution in [0.3, 0.4) is 0 Å². The van der Waals surface area contributed by atoms with Crippen LogP contribution >= 0.6 is 0 Å². The fourth-order valence-electron chi connectivity index (χ4n) is 3.30. The van der Waals surface area contributed by atoms with Crippen LogP contribution in [0.1, 0.15) is 38.5 Å². The predicted molar refractivity (Wildman–Crippen MR) is 75.5 cm³/mol. The molecule has 6 heteroatoms. The van der Waals surface area contributed by atoms with Crippen molar-refractivity contribution in [3.63, 3.8) is 0 Å². The molecule has 120 valence electrons. The zero-order valence-electron chi connectivity index (χ0n) is 12.8. The Morgan fingerprint density at radius 1 is 1.14 bits per heavy atom. The van der Waals surface area contributed by atoms with Crippen LogP contribution in [0.4, 0.5) is 0 Å². The van der Waals surface area contributed by atoms with E-state index in [9.17, 15) is 9.59 Å². The number of methoxy groups -OCH3 is 2. The van der Waals surface area contributed by atoms with E-state index < -0.39 is 23.8 Å². The third-order valence-corrected chi connectivity index (χ3v) is 4.49. The summed E-state index contributed by atoms with van der Waals surface area (Å²) in [7, 11) is 2.60. The van der Waals surface area contributed by atoms with E-state index in [0.717, 1.165) is 25.7 Å². The van der Waals surface area contributed by atoms with E-state index in [1.54, 1.807) is 6.26 Å². The predicted octanol–water partition coefficient (Wildman–Crippen LogP) is 1.99. The number of fused-ring (bicyclic) bond motifs is 1. The first-order chi connectivity index (χ1) is 10.6. The topological polar surface area (TPSA) is 74.4 Å². The van der Waals surface area contributed by atoms with Gasteiger partial charge in [-0.1, -0.05) is 12.8 Å². The zero-order valence-corrected chi connectivity index (χ0v) is 12.8. The maximum atomic E-state index is 12.4. The highest BCUT2D eigenvalue weighted by atomic mass is 16.8. The second-order valence-electron chi connectivity index (χ2n) is 5.77. The molecular weight excluding hydrogens is 288 g/mol. The summed E-state index contributed by atoms with van der Waals surface area (Å²) in [6.45, 7) is 0. The molecule has 0 aromatic rings. The Kier molecular flexibility index (Phi) is 3.95. The number of rotatable bonds is 2. The summed E-state index contributed by atoms with van der Waals surface area (Å²) in [5.41, 5.74) is 0.296. The van der Waals surface area contributed by atoms with Gasteiger partial charge in [0.2, 0.25) is 6.29 Å². The van der Waals surface area contributed by atoms with Gasteiger partial charge in [-0.05, 0) is 25.7 Å². The average Bonchev–Trinajstić information content (AvgIpc) is 3.24. The molecule has 0 radical (unpaired) electrons. The molecule has 3 rings (SSSR count). The number of esters is 2. The molecule has 2 aliphatic heterocycles. The quantitative estimate of drug-likeness (QED) is 0.574. The Bertz CT molecular complexity index is 561. The third-order valence-electron chi connectivity index (χ3n) is 4.49. The van der Waals surface area contributed by atoms with Gasteiger partial charge in [0.05, 0.1) is 31.6 Å². The molecule has 1 spiro atoms. The molecule has 0 aromatic carbocycles. The lowest BCUT2D eigenvalue weighted by molar-refractivity contribution is -0.139. The molecule has 2 atom stereocenters. The first-order valence-corrected chi connectivity index (χ1v) is 7.58. The van der Waals surface area contributed by atoms with E-state index >= 15 is 0 Å². The Hall–Kier alpha value is -1.82. The summed E-state index contributed by atoms with van der Waals surface area (Å²) >= 11 is 0. The van der Waals surface area contributed by atoms with Gasteiger partial charge in [0.15, 0.2) is 5.60 Å². The summed E-state index contributed by atoms with van der Waals surface area (Å²) in [6, 6.07) is 0. The van der Waals surface area contributed by atoms with Gasteiger partial charge in [-0.2, -0.15) is 0 Å². The summed E-state index contributed by atoms with van der Waals surface area (Å²) < 4.78 is 21.1. The van der Waals surface area contributed by atoms with E-state index in [0.29, 0.717) is 18.4 Å². The minimum atomic E-state index is -0.883. The van der Waals surface area contributed by atoms with Crippen LogP contribution < -0.4 is 0 Å². The molecule has 1 fully saturated rings. The second-order valence-corrected chi connectivity index (χ2v) is 5.77. The van der Waals surface area contributed by atoms with E-state index in [4.69, 9.17) is 18.9 Å². The van der Waals surface area contributed by atoms with Crippen molar-refractivity contribution < 1.29 is 28.5 Å². The van der Waals surface area contributed by atoms with E-state index in [1.807, 2.05) is 0 Å². The van der Waals surface area contributed by atoms with Crippen molar-refractivity contribution in [1.29, 1.82) is 0 Å². The van der Waals surface area contributed by atoms with Crippen molar-refractivity contribution in [3.05, 3.63) is 23.0 Å². The molecule has 0 unspecified atom stereocenters. The largest absolute Gasteiger partial charge is 0.469 e. The minimum absolute atomic E-state index is 0.247. The molecule has 0 amide bonds. The fourth-order valence-corrected chi connectivity index (χ4v) is 3.30. The Labute approximate surface area is 129 Å². The lowest BCUT2D eigenvalue weighted by atomic mass is 9.84. The number of epoxide rings is 1. The fraction of sp³-hybridized carbons (Fsp3) is 0.625. The van der Waals surface area contributed by atoms with Gasteiger partial charge in [0.25, 0.3) is 0 Å². The monoisotopic (exact) mass is 308 g/mol. The molecule has 1 saturated heterocycles. The average molecular weight is 308 g/mol. The van der Waals surface area contributed by atoms with Crippen molar-refractivity contribution >= 4 is 11.9 Å². The summed E-state index contributed by atoms with van der Waals surface area (Å²) in [5, 5.41) is 0. The van der Waals surface area contributed by atoms with Gasteiger partial charge < -0.3 is 18.9 Å². The Balaban J connectivity index is 2.17. The molecule has 0 saturated carbocycles. The van der Waals surface area contributed by atoms with Crippen LogP contribution in [0.15, 0.2) is 23.0 Å². The number of hydrogen-bond donors (Lipinski definition) is 0. The van der Waals surface area contributed by atoms with Crippen LogP contribution in [0.25, 0.3) is 0 Å². The maximum Gasteiger partial charge on any atom is 0.338 e. The molecule has 2 heterocycles. The minimum Gasteiger partial charge on any atom is -0.469 e. The molecular formula is C16H20O6. The van der Waals surface area contributed by atoms with Crippen LogP contribution in [-0.2, 0) is 28.5 Å². The maximum absolute atomic E-state index is 12.4. The molecule has 3 aliphatic rings. The molecule has 1 aliphatic carbocycles. The lowest BCUT2D eigenvalue weighted by Crippen LogP contribution is -2.29. The van der Waals surface area contributed by atoms with Gasteiger partial charge in [-0.15, -0.1) is 0 Å². The first-order valence-electron chi connectivity index (χ1n) is 7.58. The molecule has 2 bridgehead atoms. The highest BCUT2D eigenvalue weighted by Gasteiger charge is 2.65. The van der Waals surface area contributed by atoms with Gasteiger partial charge in [-0.3, -0.25) is 0 Å². The van der Waals surface area contributed by atoms with E-state index in [1.165, 1.54) is 14.2 Å². The van der Waals surface area contributed by atoms with Crippen molar-refractivity contribution in [2.75, 3.05) is 14.2 Å². The van der Waals surface area contributed by atoms with Gasteiger partial charge in [-0.25, -0.2) is 9.59 Å². The SMILES string of the molecule is COC(=O)C1=C(C(=O)OC)[C@@]23CCCCCCC1=CO[C@H]2O3. The van der Waals surface area contributed by atoms with Crippen LogP contribution in [0.2, 0.25) is 0 Å². The zero-order chi connectivity index (χ0) is 15.7. The highest BCUT2D eigenvalue weighted by molar-refractivity contribution is 6.05. The number of carbonyl (C=O) groups excluding carboxylic acids is 2. The number of ether oxygens (including phenoxy) is 4.